The number of rotatable bonds is 3. The molecule has 1 aliphatic carbocycles. The fourth-order valence-corrected chi connectivity index (χ4v) is 2.35. The van der Waals surface area contributed by atoms with Gasteiger partial charge in [-0.05, 0) is 31.0 Å². The van der Waals surface area contributed by atoms with Gasteiger partial charge in [-0.1, -0.05) is 15.9 Å². The Balaban J connectivity index is 2.29. The summed E-state index contributed by atoms with van der Waals surface area (Å²) in [4.78, 5) is 25.2. The molecule has 102 valence electrons. The summed E-state index contributed by atoms with van der Waals surface area (Å²) in [6, 6.07) is 4.31. The number of ether oxygens (including phenoxy) is 1. The lowest BCUT2D eigenvalue weighted by molar-refractivity contribution is -0.151. The minimum atomic E-state index is -1.13. The third kappa shape index (κ3) is 2.36. The zero-order chi connectivity index (χ0) is 14.2. The van der Waals surface area contributed by atoms with Crippen LogP contribution in [0.1, 0.15) is 12.8 Å². The third-order valence-electron chi connectivity index (χ3n) is 3.31. The summed E-state index contributed by atoms with van der Waals surface area (Å²) in [5, 5.41) is 0. The Morgan fingerprint density at radius 3 is 2.58 bits per heavy atom. The summed E-state index contributed by atoms with van der Waals surface area (Å²) in [6.45, 7) is 0. The molecule has 0 N–H and O–H groups in total. The molecule has 1 aromatic carbocycles. The summed E-state index contributed by atoms with van der Waals surface area (Å²) in [6.07, 6.45) is 0.886. The second-order valence-corrected chi connectivity index (χ2v) is 5.45. The van der Waals surface area contributed by atoms with Gasteiger partial charge in [0.15, 0.2) is 0 Å². The van der Waals surface area contributed by atoms with Gasteiger partial charge in [-0.3, -0.25) is 9.59 Å². The van der Waals surface area contributed by atoms with Crippen molar-refractivity contribution >= 4 is 33.5 Å². The molecule has 1 aliphatic rings. The zero-order valence-corrected chi connectivity index (χ0v) is 12.2. The minimum Gasteiger partial charge on any atom is -0.468 e. The third-order valence-corrected chi connectivity index (χ3v) is 3.80. The lowest BCUT2D eigenvalue weighted by Gasteiger charge is -2.22. The van der Waals surface area contributed by atoms with E-state index in [1.807, 2.05) is 0 Å². The van der Waals surface area contributed by atoms with E-state index in [2.05, 4.69) is 20.7 Å². The van der Waals surface area contributed by atoms with Gasteiger partial charge in [-0.15, -0.1) is 0 Å². The van der Waals surface area contributed by atoms with Crippen molar-refractivity contribution in [3.63, 3.8) is 0 Å². The Morgan fingerprint density at radius 1 is 1.42 bits per heavy atom. The Kier molecular flexibility index (Phi) is 3.62. The molecule has 0 radical (unpaired) electrons. The zero-order valence-electron chi connectivity index (χ0n) is 10.6. The van der Waals surface area contributed by atoms with Gasteiger partial charge in [-0.2, -0.15) is 0 Å². The molecular weight excluding hydrogens is 317 g/mol. The fourth-order valence-electron chi connectivity index (χ4n) is 2.00. The number of hydrogen-bond donors (Lipinski definition) is 0. The topological polar surface area (TPSA) is 46.6 Å². The van der Waals surface area contributed by atoms with Crippen LogP contribution in [0.4, 0.5) is 10.1 Å². The van der Waals surface area contributed by atoms with Crippen LogP contribution in [0.2, 0.25) is 0 Å². The largest absolute Gasteiger partial charge is 0.468 e. The number of amides is 1. The van der Waals surface area contributed by atoms with E-state index >= 15 is 0 Å². The quantitative estimate of drug-likeness (QED) is 0.632. The molecule has 0 atom stereocenters. The van der Waals surface area contributed by atoms with Crippen molar-refractivity contribution in [2.75, 3.05) is 19.1 Å². The first-order valence-electron chi connectivity index (χ1n) is 5.74. The SMILES string of the molecule is COC(=O)C1(C(=O)N(C)c2cc(Br)ccc2F)CC1. The second-order valence-electron chi connectivity index (χ2n) is 4.53. The number of carbonyl (C=O) groups excluding carboxylic acids is 2. The van der Waals surface area contributed by atoms with E-state index in [9.17, 15) is 14.0 Å². The van der Waals surface area contributed by atoms with Gasteiger partial charge in [0.05, 0.1) is 12.8 Å². The number of esters is 1. The van der Waals surface area contributed by atoms with E-state index in [1.54, 1.807) is 6.07 Å². The average molecular weight is 330 g/mol. The number of nitrogens with zero attached hydrogens (tertiary/aromatic N) is 1. The molecule has 1 aromatic rings. The van der Waals surface area contributed by atoms with Crippen molar-refractivity contribution < 1.29 is 18.7 Å². The summed E-state index contributed by atoms with van der Waals surface area (Å²) < 4.78 is 19.0. The first-order chi connectivity index (χ1) is 8.92. The Morgan fingerprint density at radius 2 is 2.05 bits per heavy atom. The molecule has 0 aromatic heterocycles. The predicted octanol–water partition coefficient (Wildman–Crippen LogP) is 2.50. The molecule has 1 amide bonds. The highest BCUT2D eigenvalue weighted by Gasteiger charge is 2.59. The van der Waals surface area contributed by atoms with Gasteiger partial charge >= 0.3 is 5.97 Å². The van der Waals surface area contributed by atoms with Gasteiger partial charge in [0.2, 0.25) is 5.91 Å². The van der Waals surface area contributed by atoms with Crippen LogP contribution in [0, 0.1) is 11.2 Å². The van der Waals surface area contributed by atoms with Gasteiger partial charge in [0.25, 0.3) is 0 Å². The Bertz CT molecular complexity index is 543. The molecule has 0 heterocycles. The van der Waals surface area contributed by atoms with Crippen molar-refractivity contribution in [1.82, 2.24) is 0 Å². The first kappa shape index (κ1) is 14.0. The average Bonchev–Trinajstić information content (AvgIpc) is 3.20. The molecule has 0 saturated heterocycles. The summed E-state index contributed by atoms with van der Waals surface area (Å²) in [5.74, 6) is -1.50. The summed E-state index contributed by atoms with van der Waals surface area (Å²) in [5.41, 5.74) is -0.993. The Hall–Kier alpha value is -1.43. The van der Waals surface area contributed by atoms with Crippen LogP contribution in [0.3, 0.4) is 0 Å². The number of methoxy groups -OCH3 is 1. The van der Waals surface area contributed by atoms with Gasteiger partial charge in [0.1, 0.15) is 11.2 Å². The van der Waals surface area contributed by atoms with E-state index in [-0.39, 0.29) is 5.69 Å². The number of benzene rings is 1. The van der Waals surface area contributed by atoms with Crippen molar-refractivity contribution in [2.45, 2.75) is 12.8 Å². The van der Waals surface area contributed by atoms with Crippen LogP contribution >= 0.6 is 15.9 Å². The van der Waals surface area contributed by atoms with Crippen LogP contribution in [-0.2, 0) is 14.3 Å². The van der Waals surface area contributed by atoms with E-state index in [0.29, 0.717) is 17.3 Å². The number of hydrogen-bond acceptors (Lipinski definition) is 3. The van der Waals surface area contributed by atoms with Crippen molar-refractivity contribution in [2.24, 2.45) is 5.41 Å². The molecule has 6 heteroatoms. The molecule has 1 fully saturated rings. The highest BCUT2D eigenvalue weighted by molar-refractivity contribution is 9.10. The van der Waals surface area contributed by atoms with E-state index in [1.165, 1.54) is 31.2 Å². The lowest BCUT2D eigenvalue weighted by atomic mass is 10.1. The molecule has 1 saturated carbocycles. The minimum absolute atomic E-state index is 0.134. The van der Waals surface area contributed by atoms with E-state index < -0.39 is 23.1 Å². The molecule has 0 aliphatic heterocycles. The van der Waals surface area contributed by atoms with Gasteiger partial charge < -0.3 is 9.64 Å². The van der Waals surface area contributed by atoms with Crippen LogP contribution in [-0.4, -0.2) is 26.0 Å². The predicted molar refractivity (Wildman–Crippen MR) is 71.2 cm³/mol. The van der Waals surface area contributed by atoms with Gasteiger partial charge in [0, 0.05) is 11.5 Å². The van der Waals surface area contributed by atoms with Crippen LogP contribution in [0.5, 0.6) is 0 Å². The van der Waals surface area contributed by atoms with Crippen LogP contribution in [0.25, 0.3) is 0 Å². The second kappa shape index (κ2) is 4.92. The maximum atomic E-state index is 13.7. The van der Waals surface area contributed by atoms with Crippen LogP contribution in [0.15, 0.2) is 22.7 Å². The lowest BCUT2D eigenvalue weighted by Crippen LogP contribution is -2.39. The maximum absolute atomic E-state index is 13.7. The molecule has 0 bridgehead atoms. The normalized spacial score (nSPS) is 15.8. The van der Waals surface area contributed by atoms with Crippen molar-refractivity contribution in [3.05, 3.63) is 28.5 Å². The standard InChI is InChI=1S/C13H13BrFNO3/c1-16(10-7-8(14)3-4-9(10)15)11(17)13(5-6-13)12(18)19-2/h3-4,7H,5-6H2,1-2H3. The molecule has 19 heavy (non-hydrogen) atoms. The first-order valence-corrected chi connectivity index (χ1v) is 6.53. The van der Waals surface area contributed by atoms with E-state index in [0.717, 1.165) is 0 Å². The molecule has 4 nitrogen and oxygen atoms in total. The van der Waals surface area contributed by atoms with Crippen molar-refractivity contribution in [3.8, 4) is 0 Å². The highest BCUT2D eigenvalue weighted by Crippen LogP contribution is 2.48. The monoisotopic (exact) mass is 329 g/mol. The van der Waals surface area contributed by atoms with Gasteiger partial charge in [-0.25, -0.2) is 4.39 Å². The molecule has 0 spiro atoms. The number of carbonyl (C=O) groups is 2. The van der Waals surface area contributed by atoms with Crippen molar-refractivity contribution in [1.29, 1.82) is 0 Å². The summed E-state index contributed by atoms with van der Waals surface area (Å²) in [7, 11) is 2.70. The summed E-state index contributed by atoms with van der Waals surface area (Å²) >= 11 is 3.23. The van der Waals surface area contributed by atoms with E-state index in [4.69, 9.17) is 0 Å². The highest BCUT2D eigenvalue weighted by atomic mass is 79.9. The molecule has 0 unspecified atom stereocenters. The fraction of sp³-hybridized carbons (Fsp3) is 0.385. The Labute approximate surface area is 118 Å². The smallest absolute Gasteiger partial charge is 0.321 e. The molecule has 2 rings (SSSR count). The number of anilines is 1. The molecular formula is C13H13BrFNO3. The number of halogens is 2. The maximum Gasteiger partial charge on any atom is 0.321 e. The van der Waals surface area contributed by atoms with Crippen LogP contribution < -0.4 is 4.90 Å².